The van der Waals surface area contributed by atoms with Crippen LogP contribution in [-0.4, -0.2) is 24.1 Å². The van der Waals surface area contributed by atoms with E-state index < -0.39 is 0 Å². The highest BCUT2D eigenvalue weighted by Crippen LogP contribution is 2.32. The van der Waals surface area contributed by atoms with E-state index >= 15 is 0 Å². The van der Waals surface area contributed by atoms with Crippen molar-refractivity contribution in [1.29, 1.82) is 0 Å². The molecule has 156 valence electrons. The summed E-state index contributed by atoms with van der Waals surface area (Å²) in [6, 6.07) is 23.4. The van der Waals surface area contributed by atoms with Gasteiger partial charge in [-0.3, -0.25) is 14.6 Å². The number of rotatable bonds is 5. The number of nitrogens with zero attached hydrogens (tertiary/aromatic N) is 2. The molecule has 5 nitrogen and oxygen atoms in total. The van der Waals surface area contributed by atoms with Crippen LogP contribution in [0.15, 0.2) is 77.8 Å². The van der Waals surface area contributed by atoms with Gasteiger partial charge < -0.3 is 10.2 Å². The molecule has 1 N–H and O–H groups in total. The summed E-state index contributed by atoms with van der Waals surface area (Å²) in [4.78, 5) is 32.1. The van der Waals surface area contributed by atoms with E-state index in [0.717, 1.165) is 16.7 Å². The Hall–Kier alpha value is -3.73. The Morgan fingerprint density at radius 3 is 2.29 bits per heavy atom. The zero-order valence-corrected chi connectivity index (χ0v) is 17.8. The van der Waals surface area contributed by atoms with E-state index in [0.29, 0.717) is 23.6 Å². The third-order valence-electron chi connectivity index (χ3n) is 5.34. The van der Waals surface area contributed by atoms with Gasteiger partial charge in [-0.2, -0.15) is 0 Å². The van der Waals surface area contributed by atoms with Crippen molar-refractivity contribution in [2.45, 2.75) is 26.8 Å². The predicted octanol–water partition coefficient (Wildman–Crippen LogP) is 4.48. The topological polar surface area (TPSA) is 61.8 Å². The van der Waals surface area contributed by atoms with Crippen LogP contribution in [0.1, 0.15) is 28.7 Å². The number of aliphatic imine (C=N–C) groups is 1. The maximum absolute atomic E-state index is 13.1. The van der Waals surface area contributed by atoms with E-state index in [4.69, 9.17) is 4.99 Å². The third-order valence-corrected chi connectivity index (χ3v) is 5.34. The van der Waals surface area contributed by atoms with Crippen LogP contribution in [0.5, 0.6) is 0 Å². The maximum Gasteiger partial charge on any atom is 0.240 e. The SMILES string of the molecule is Cc1ccc(CNC(=O)CN2C(=O)CC(c3ccc(C)cc3)=Nc3ccccc32)cc1. The minimum absolute atomic E-state index is 0.0432. The van der Waals surface area contributed by atoms with Gasteiger partial charge in [-0.1, -0.05) is 71.8 Å². The van der Waals surface area contributed by atoms with Crippen molar-refractivity contribution in [1.82, 2.24) is 5.32 Å². The molecule has 1 aliphatic rings. The zero-order valence-electron chi connectivity index (χ0n) is 17.8. The van der Waals surface area contributed by atoms with Crippen LogP contribution < -0.4 is 10.2 Å². The molecule has 0 aromatic heterocycles. The van der Waals surface area contributed by atoms with Gasteiger partial charge in [0.05, 0.1) is 23.5 Å². The number of anilines is 1. The number of nitrogens with one attached hydrogen (secondary N) is 1. The molecule has 3 aromatic carbocycles. The highest BCUT2D eigenvalue weighted by molar-refractivity contribution is 6.18. The van der Waals surface area contributed by atoms with Crippen molar-refractivity contribution in [3.05, 3.63) is 95.1 Å². The lowest BCUT2D eigenvalue weighted by molar-refractivity contribution is -0.123. The number of para-hydroxylation sites is 2. The van der Waals surface area contributed by atoms with Gasteiger partial charge in [0.2, 0.25) is 11.8 Å². The first kappa shape index (κ1) is 20.5. The first-order valence-corrected chi connectivity index (χ1v) is 10.4. The molecule has 3 aromatic rings. The molecule has 0 radical (unpaired) electrons. The van der Waals surface area contributed by atoms with Gasteiger partial charge in [-0.25, -0.2) is 0 Å². The normalized spacial score (nSPS) is 13.3. The van der Waals surface area contributed by atoms with Crippen LogP contribution in [0.4, 0.5) is 11.4 Å². The van der Waals surface area contributed by atoms with Gasteiger partial charge in [0.25, 0.3) is 0 Å². The van der Waals surface area contributed by atoms with E-state index in [1.807, 2.05) is 86.6 Å². The molecule has 2 amide bonds. The van der Waals surface area contributed by atoms with Gasteiger partial charge in [0.15, 0.2) is 0 Å². The molecule has 0 atom stereocenters. The standard InChI is InChI=1S/C26H25N3O2/c1-18-7-11-20(12-8-18)16-27-25(30)17-29-24-6-4-3-5-22(24)28-23(15-26(29)31)21-13-9-19(2)10-14-21/h3-14H,15-17H2,1-2H3,(H,27,30). The summed E-state index contributed by atoms with van der Waals surface area (Å²) in [6.07, 6.45) is 0.142. The summed E-state index contributed by atoms with van der Waals surface area (Å²) >= 11 is 0. The monoisotopic (exact) mass is 411 g/mol. The quantitative estimate of drug-likeness (QED) is 0.673. The second-order valence-electron chi connectivity index (χ2n) is 7.83. The number of aryl methyl sites for hydroxylation is 2. The molecule has 0 saturated heterocycles. The Morgan fingerprint density at radius 2 is 1.58 bits per heavy atom. The summed E-state index contributed by atoms with van der Waals surface area (Å²) in [5.41, 5.74) is 6.31. The predicted molar refractivity (Wildman–Crippen MR) is 124 cm³/mol. The van der Waals surface area contributed by atoms with Crippen molar-refractivity contribution < 1.29 is 9.59 Å². The van der Waals surface area contributed by atoms with Crippen LogP contribution in [0.3, 0.4) is 0 Å². The number of hydrogen-bond donors (Lipinski definition) is 1. The minimum atomic E-state index is -0.206. The molecule has 0 spiro atoms. The average molecular weight is 412 g/mol. The Labute approximate surface area is 182 Å². The van der Waals surface area contributed by atoms with Crippen molar-refractivity contribution >= 4 is 28.9 Å². The maximum atomic E-state index is 13.1. The molecule has 0 aliphatic carbocycles. The average Bonchev–Trinajstić information content (AvgIpc) is 2.90. The number of hydrogen-bond acceptors (Lipinski definition) is 3. The molecule has 0 fully saturated rings. The molecule has 0 saturated carbocycles. The molecule has 31 heavy (non-hydrogen) atoms. The lowest BCUT2D eigenvalue weighted by Gasteiger charge is -2.22. The molecule has 4 rings (SSSR count). The van der Waals surface area contributed by atoms with Gasteiger partial charge >= 0.3 is 0 Å². The molecule has 5 heteroatoms. The minimum Gasteiger partial charge on any atom is -0.350 e. The highest BCUT2D eigenvalue weighted by Gasteiger charge is 2.26. The van der Waals surface area contributed by atoms with Gasteiger partial charge in [0.1, 0.15) is 6.54 Å². The second-order valence-corrected chi connectivity index (χ2v) is 7.83. The van der Waals surface area contributed by atoms with Gasteiger partial charge in [-0.15, -0.1) is 0 Å². The van der Waals surface area contributed by atoms with E-state index in [2.05, 4.69) is 5.32 Å². The van der Waals surface area contributed by atoms with E-state index in [-0.39, 0.29) is 24.8 Å². The lowest BCUT2D eigenvalue weighted by atomic mass is 10.1. The fourth-order valence-electron chi connectivity index (χ4n) is 3.54. The van der Waals surface area contributed by atoms with E-state index in [9.17, 15) is 9.59 Å². The first-order valence-electron chi connectivity index (χ1n) is 10.4. The van der Waals surface area contributed by atoms with Gasteiger partial charge in [-0.05, 0) is 37.1 Å². The Bertz CT molecular complexity index is 1130. The van der Waals surface area contributed by atoms with Crippen LogP contribution in [0, 0.1) is 13.8 Å². The Morgan fingerprint density at radius 1 is 0.935 bits per heavy atom. The fourth-order valence-corrected chi connectivity index (χ4v) is 3.54. The summed E-state index contributed by atoms with van der Waals surface area (Å²) in [5.74, 6) is -0.350. The third kappa shape index (κ3) is 4.89. The largest absolute Gasteiger partial charge is 0.350 e. The highest BCUT2D eigenvalue weighted by atomic mass is 16.2. The Balaban J connectivity index is 1.53. The molecular weight excluding hydrogens is 386 g/mol. The number of amides is 2. The zero-order chi connectivity index (χ0) is 21.8. The molecular formula is C26H25N3O2. The smallest absolute Gasteiger partial charge is 0.240 e. The van der Waals surface area contributed by atoms with Crippen molar-refractivity contribution in [2.24, 2.45) is 4.99 Å². The van der Waals surface area contributed by atoms with Crippen LogP contribution in [0.2, 0.25) is 0 Å². The van der Waals surface area contributed by atoms with Gasteiger partial charge in [0, 0.05) is 6.54 Å². The summed E-state index contributed by atoms with van der Waals surface area (Å²) < 4.78 is 0. The summed E-state index contributed by atoms with van der Waals surface area (Å²) in [7, 11) is 0. The molecule has 0 unspecified atom stereocenters. The molecule has 1 heterocycles. The second kappa shape index (κ2) is 8.96. The number of carbonyl (C=O) groups is 2. The van der Waals surface area contributed by atoms with Crippen LogP contribution >= 0.6 is 0 Å². The van der Waals surface area contributed by atoms with Crippen LogP contribution in [0.25, 0.3) is 0 Å². The van der Waals surface area contributed by atoms with Crippen LogP contribution in [-0.2, 0) is 16.1 Å². The summed E-state index contributed by atoms with van der Waals surface area (Å²) in [5, 5.41) is 2.92. The van der Waals surface area contributed by atoms with E-state index in [1.165, 1.54) is 10.5 Å². The summed E-state index contributed by atoms with van der Waals surface area (Å²) in [6.45, 7) is 4.43. The number of carbonyl (C=O) groups excluding carboxylic acids is 2. The first-order chi connectivity index (χ1) is 15.0. The van der Waals surface area contributed by atoms with E-state index in [1.54, 1.807) is 0 Å². The molecule has 0 bridgehead atoms. The van der Waals surface area contributed by atoms with Crippen molar-refractivity contribution in [3.8, 4) is 0 Å². The van der Waals surface area contributed by atoms with Crippen molar-refractivity contribution in [2.75, 3.05) is 11.4 Å². The lowest BCUT2D eigenvalue weighted by Crippen LogP contribution is -2.41. The fraction of sp³-hybridized carbons (Fsp3) is 0.192. The Kier molecular flexibility index (Phi) is 5.94. The number of benzene rings is 3. The van der Waals surface area contributed by atoms with Crippen molar-refractivity contribution in [3.63, 3.8) is 0 Å². The number of fused-ring (bicyclic) bond motifs is 1. The molecule has 1 aliphatic heterocycles.